The summed E-state index contributed by atoms with van der Waals surface area (Å²) in [4.78, 5) is 38.4. The molecule has 0 radical (unpaired) electrons. The van der Waals surface area contributed by atoms with E-state index in [1.165, 1.54) is 6.92 Å². The van der Waals surface area contributed by atoms with Crippen LogP contribution in [0.1, 0.15) is 43.5 Å². The molecular formula is C18H23N3O4. The third-order valence-electron chi connectivity index (χ3n) is 4.56. The monoisotopic (exact) mass is 345 g/mol. The van der Waals surface area contributed by atoms with Crippen molar-refractivity contribution in [1.82, 2.24) is 5.32 Å². The molecule has 0 aliphatic carbocycles. The molecule has 0 bridgehead atoms. The summed E-state index contributed by atoms with van der Waals surface area (Å²) in [6, 6.07) is 4.99. The van der Waals surface area contributed by atoms with Crippen LogP contribution in [0.2, 0.25) is 0 Å². The van der Waals surface area contributed by atoms with Crippen molar-refractivity contribution in [2.45, 2.75) is 45.3 Å². The van der Waals surface area contributed by atoms with Gasteiger partial charge in [-0.25, -0.2) is 4.79 Å². The first-order valence-electron chi connectivity index (χ1n) is 8.71. The molecule has 2 atom stereocenters. The highest BCUT2D eigenvalue weighted by atomic mass is 16.5. The fourth-order valence-corrected chi connectivity index (χ4v) is 3.23. The number of carbonyl (C=O) groups is 3. The van der Waals surface area contributed by atoms with Crippen LogP contribution in [0.3, 0.4) is 0 Å². The Hall–Kier alpha value is -2.57. The first-order valence-corrected chi connectivity index (χ1v) is 8.71. The molecule has 3 rings (SSSR count). The van der Waals surface area contributed by atoms with E-state index in [0.29, 0.717) is 17.8 Å². The van der Waals surface area contributed by atoms with Crippen LogP contribution in [0.4, 0.5) is 11.4 Å². The van der Waals surface area contributed by atoms with Gasteiger partial charge in [0.15, 0.2) is 6.10 Å². The fourth-order valence-electron chi connectivity index (χ4n) is 3.23. The summed E-state index contributed by atoms with van der Waals surface area (Å²) in [7, 11) is 0. The van der Waals surface area contributed by atoms with Gasteiger partial charge in [0.1, 0.15) is 6.04 Å². The Morgan fingerprint density at radius 3 is 3.00 bits per heavy atom. The Morgan fingerprint density at radius 1 is 1.44 bits per heavy atom. The van der Waals surface area contributed by atoms with E-state index in [2.05, 4.69) is 15.5 Å². The minimum atomic E-state index is -0.868. The lowest BCUT2D eigenvalue weighted by Crippen LogP contribution is -2.44. The van der Waals surface area contributed by atoms with Crippen LogP contribution in [-0.4, -0.2) is 43.0 Å². The number of fused-ring (bicyclic) bond motifs is 3. The summed E-state index contributed by atoms with van der Waals surface area (Å²) in [5.41, 5.74) is 1.85. The molecular weight excluding hydrogens is 322 g/mol. The van der Waals surface area contributed by atoms with Crippen molar-refractivity contribution in [2.24, 2.45) is 0 Å². The minimum absolute atomic E-state index is 0.0390. The molecule has 0 aromatic heterocycles. The van der Waals surface area contributed by atoms with Crippen LogP contribution in [0, 0.1) is 0 Å². The Labute approximate surface area is 146 Å². The molecule has 25 heavy (non-hydrogen) atoms. The summed E-state index contributed by atoms with van der Waals surface area (Å²) in [5.74, 6) is -0.941. The van der Waals surface area contributed by atoms with Crippen LogP contribution in [-0.2, 0) is 14.3 Å². The van der Waals surface area contributed by atoms with E-state index in [9.17, 15) is 14.4 Å². The number of amides is 2. The van der Waals surface area contributed by atoms with E-state index in [1.807, 2.05) is 13.0 Å². The molecule has 7 nitrogen and oxygen atoms in total. The minimum Gasteiger partial charge on any atom is -0.449 e. The van der Waals surface area contributed by atoms with E-state index < -0.39 is 12.1 Å². The summed E-state index contributed by atoms with van der Waals surface area (Å²) in [6.07, 6.45) is 1.77. The van der Waals surface area contributed by atoms with Crippen molar-refractivity contribution in [2.75, 3.05) is 23.3 Å². The molecule has 1 fully saturated rings. The maximum Gasteiger partial charge on any atom is 0.338 e. The highest BCUT2D eigenvalue weighted by molar-refractivity contribution is 6.05. The molecule has 2 heterocycles. The van der Waals surface area contributed by atoms with Crippen LogP contribution in [0.25, 0.3) is 0 Å². The standard InChI is InChI=1S/C18H23N3O4/c1-3-8-19-16(22)11(2)25-18(24)12-6-7-14-13(10-12)20-17(23)15-5-4-9-21(14)15/h6-7,10-11,15H,3-5,8-9H2,1-2H3,(H,19,22)(H,20,23)/t11-,15+/m0/s1. The molecule has 2 amide bonds. The van der Waals surface area contributed by atoms with Gasteiger partial charge in [-0.2, -0.15) is 0 Å². The number of rotatable bonds is 5. The van der Waals surface area contributed by atoms with Crippen LogP contribution in [0.5, 0.6) is 0 Å². The van der Waals surface area contributed by atoms with E-state index in [4.69, 9.17) is 4.74 Å². The van der Waals surface area contributed by atoms with Crippen molar-refractivity contribution in [3.8, 4) is 0 Å². The Morgan fingerprint density at radius 2 is 2.24 bits per heavy atom. The zero-order valence-corrected chi connectivity index (χ0v) is 14.5. The quantitative estimate of drug-likeness (QED) is 0.793. The molecule has 1 saturated heterocycles. The predicted octanol–water partition coefficient (Wildman–Crippen LogP) is 1.68. The van der Waals surface area contributed by atoms with E-state index in [-0.39, 0.29) is 17.9 Å². The zero-order valence-electron chi connectivity index (χ0n) is 14.5. The van der Waals surface area contributed by atoms with Crippen LogP contribution >= 0.6 is 0 Å². The molecule has 1 aromatic rings. The topological polar surface area (TPSA) is 87.7 Å². The summed E-state index contributed by atoms with van der Waals surface area (Å²) >= 11 is 0. The molecule has 2 aliphatic rings. The number of benzene rings is 1. The van der Waals surface area contributed by atoms with Crippen molar-refractivity contribution in [3.05, 3.63) is 23.8 Å². The first kappa shape index (κ1) is 17.3. The molecule has 0 spiro atoms. The highest BCUT2D eigenvalue weighted by Crippen LogP contribution is 2.37. The second-order valence-electron chi connectivity index (χ2n) is 6.41. The lowest BCUT2D eigenvalue weighted by molar-refractivity contribution is -0.129. The molecule has 2 aliphatic heterocycles. The zero-order chi connectivity index (χ0) is 18.0. The van der Waals surface area contributed by atoms with E-state index in [1.54, 1.807) is 12.1 Å². The van der Waals surface area contributed by atoms with Crippen molar-refractivity contribution in [1.29, 1.82) is 0 Å². The predicted molar refractivity (Wildman–Crippen MR) is 93.6 cm³/mol. The average molecular weight is 345 g/mol. The summed E-state index contributed by atoms with van der Waals surface area (Å²) in [5, 5.41) is 5.55. The van der Waals surface area contributed by atoms with Crippen LogP contribution < -0.4 is 15.5 Å². The van der Waals surface area contributed by atoms with Gasteiger partial charge in [0, 0.05) is 13.1 Å². The first-order chi connectivity index (χ1) is 12.0. The molecule has 134 valence electrons. The molecule has 0 saturated carbocycles. The van der Waals surface area contributed by atoms with E-state index >= 15 is 0 Å². The summed E-state index contributed by atoms with van der Waals surface area (Å²) in [6.45, 7) is 4.87. The second kappa shape index (κ2) is 7.13. The number of anilines is 2. The third kappa shape index (κ3) is 3.45. The normalized spacial score (nSPS) is 19.5. The van der Waals surface area contributed by atoms with Crippen molar-refractivity contribution < 1.29 is 19.1 Å². The van der Waals surface area contributed by atoms with Gasteiger partial charge in [-0.15, -0.1) is 0 Å². The number of ether oxygens (including phenoxy) is 1. The van der Waals surface area contributed by atoms with Gasteiger partial charge in [-0.1, -0.05) is 6.92 Å². The maximum absolute atomic E-state index is 12.3. The molecule has 2 N–H and O–H groups in total. The van der Waals surface area contributed by atoms with Gasteiger partial charge in [-0.05, 0) is 44.4 Å². The smallest absolute Gasteiger partial charge is 0.338 e. The van der Waals surface area contributed by atoms with Gasteiger partial charge in [0.05, 0.1) is 16.9 Å². The number of esters is 1. The Kier molecular flexibility index (Phi) is 4.92. The van der Waals surface area contributed by atoms with Crippen molar-refractivity contribution in [3.63, 3.8) is 0 Å². The molecule has 7 heteroatoms. The van der Waals surface area contributed by atoms with Gasteiger partial charge < -0.3 is 20.3 Å². The molecule has 0 unspecified atom stereocenters. The Bertz CT molecular complexity index is 704. The number of hydrogen-bond donors (Lipinski definition) is 2. The number of nitrogens with one attached hydrogen (secondary N) is 2. The SMILES string of the molecule is CCCNC(=O)[C@H](C)OC(=O)c1ccc2c(c1)NC(=O)[C@H]1CCCN21. The number of carbonyl (C=O) groups excluding carboxylic acids is 3. The lowest BCUT2D eigenvalue weighted by Gasteiger charge is -2.33. The highest BCUT2D eigenvalue weighted by Gasteiger charge is 2.36. The third-order valence-corrected chi connectivity index (χ3v) is 4.56. The fraction of sp³-hybridized carbons (Fsp3) is 0.500. The number of hydrogen-bond acceptors (Lipinski definition) is 5. The van der Waals surface area contributed by atoms with Gasteiger partial charge >= 0.3 is 5.97 Å². The second-order valence-corrected chi connectivity index (χ2v) is 6.41. The maximum atomic E-state index is 12.3. The summed E-state index contributed by atoms with van der Waals surface area (Å²) < 4.78 is 5.22. The van der Waals surface area contributed by atoms with Gasteiger partial charge in [0.25, 0.3) is 5.91 Å². The largest absolute Gasteiger partial charge is 0.449 e. The lowest BCUT2D eigenvalue weighted by atomic mass is 10.1. The molecule has 1 aromatic carbocycles. The van der Waals surface area contributed by atoms with Crippen molar-refractivity contribution >= 4 is 29.2 Å². The Balaban J connectivity index is 1.72. The van der Waals surface area contributed by atoms with Gasteiger partial charge in [-0.3, -0.25) is 9.59 Å². The average Bonchev–Trinajstić information content (AvgIpc) is 3.09. The van der Waals surface area contributed by atoms with Crippen LogP contribution in [0.15, 0.2) is 18.2 Å². The number of nitrogens with zero attached hydrogens (tertiary/aromatic N) is 1. The van der Waals surface area contributed by atoms with Gasteiger partial charge in [0.2, 0.25) is 5.91 Å². The van der Waals surface area contributed by atoms with E-state index in [0.717, 1.165) is 31.5 Å².